The van der Waals surface area contributed by atoms with Crippen molar-refractivity contribution in [2.45, 2.75) is 96.8 Å². The third-order valence-electron chi connectivity index (χ3n) is 4.53. The average Bonchev–Trinajstić information content (AvgIpc) is 2.39. The molecule has 1 rings (SSSR count). The fraction of sp³-hybridized carbons (Fsp3) is 1.00. The van der Waals surface area contributed by atoms with Crippen LogP contribution in [0.4, 0.5) is 0 Å². The van der Waals surface area contributed by atoms with Crippen LogP contribution < -0.4 is 5.73 Å². The van der Waals surface area contributed by atoms with E-state index in [9.17, 15) is 0 Å². The SMILES string of the molecule is CCCCCCCCCC(CN)N1CC(C)OC(C)(C)C1. The maximum absolute atomic E-state index is 6.04. The topological polar surface area (TPSA) is 38.5 Å². The third-order valence-corrected chi connectivity index (χ3v) is 4.53. The Morgan fingerprint density at radius 1 is 1.14 bits per heavy atom. The predicted molar refractivity (Wildman–Crippen MR) is 91.7 cm³/mol. The molecule has 0 bridgehead atoms. The van der Waals surface area contributed by atoms with Crippen LogP contribution in [0, 0.1) is 0 Å². The van der Waals surface area contributed by atoms with E-state index in [1.807, 2.05) is 0 Å². The molecule has 0 amide bonds. The minimum atomic E-state index is -0.0365. The van der Waals surface area contributed by atoms with Crippen molar-refractivity contribution < 1.29 is 4.74 Å². The first kappa shape index (κ1) is 18.9. The van der Waals surface area contributed by atoms with E-state index in [1.54, 1.807) is 0 Å². The minimum absolute atomic E-state index is 0.0365. The number of hydrogen-bond donors (Lipinski definition) is 1. The van der Waals surface area contributed by atoms with Crippen LogP contribution in [-0.4, -0.2) is 42.3 Å². The van der Waals surface area contributed by atoms with Gasteiger partial charge >= 0.3 is 0 Å². The molecule has 0 aromatic carbocycles. The van der Waals surface area contributed by atoms with Gasteiger partial charge in [0.05, 0.1) is 11.7 Å². The fourth-order valence-electron chi connectivity index (χ4n) is 3.57. The van der Waals surface area contributed by atoms with Crippen LogP contribution in [0.1, 0.15) is 79.1 Å². The van der Waals surface area contributed by atoms with Crippen LogP contribution in [0.5, 0.6) is 0 Å². The van der Waals surface area contributed by atoms with Crippen LogP contribution in [0.3, 0.4) is 0 Å². The van der Waals surface area contributed by atoms with Crippen molar-refractivity contribution in [3.63, 3.8) is 0 Å². The van der Waals surface area contributed by atoms with Crippen LogP contribution >= 0.6 is 0 Å². The predicted octanol–water partition coefficient (Wildman–Crippen LogP) is 3.95. The largest absolute Gasteiger partial charge is 0.370 e. The smallest absolute Gasteiger partial charge is 0.0757 e. The van der Waals surface area contributed by atoms with E-state index in [4.69, 9.17) is 10.5 Å². The summed E-state index contributed by atoms with van der Waals surface area (Å²) in [5.41, 5.74) is 6.00. The number of unbranched alkanes of at least 4 members (excludes halogenated alkanes) is 6. The lowest BCUT2D eigenvalue weighted by Gasteiger charge is -2.45. The van der Waals surface area contributed by atoms with Crippen molar-refractivity contribution in [3.8, 4) is 0 Å². The quantitative estimate of drug-likeness (QED) is 0.621. The Hall–Kier alpha value is -0.120. The highest BCUT2D eigenvalue weighted by molar-refractivity contribution is 4.86. The number of morpholine rings is 1. The van der Waals surface area contributed by atoms with Gasteiger partial charge in [0.2, 0.25) is 0 Å². The zero-order chi connectivity index (χ0) is 15.7. The molecule has 1 aliphatic heterocycles. The van der Waals surface area contributed by atoms with Crippen molar-refractivity contribution in [2.24, 2.45) is 5.73 Å². The van der Waals surface area contributed by atoms with E-state index >= 15 is 0 Å². The van der Waals surface area contributed by atoms with Gasteiger partial charge in [0.25, 0.3) is 0 Å². The molecule has 0 aromatic heterocycles. The Morgan fingerprint density at radius 3 is 2.33 bits per heavy atom. The Bertz CT molecular complexity index is 268. The first-order valence-electron chi connectivity index (χ1n) is 9.10. The van der Waals surface area contributed by atoms with E-state index in [1.165, 1.54) is 51.4 Å². The van der Waals surface area contributed by atoms with Gasteiger partial charge in [-0.2, -0.15) is 0 Å². The molecule has 2 N–H and O–H groups in total. The van der Waals surface area contributed by atoms with Crippen molar-refractivity contribution in [1.82, 2.24) is 4.90 Å². The zero-order valence-electron chi connectivity index (χ0n) is 14.9. The van der Waals surface area contributed by atoms with E-state index in [0.717, 1.165) is 19.6 Å². The number of rotatable bonds is 10. The summed E-state index contributed by atoms with van der Waals surface area (Å²) < 4.78 is 6.00. The van der Waals surface area contributed by atoms with E-state index in [2.05, 4.69) is 32.6 Å². The third kappa shape index (κ3) is 7.62. The highest BCUT2D eigenvalue weighted by Crippen LogP contribution is 2.24. The maximum Gasteiger partial charge on any atom is 0.0757 e. The number of hydrogen-bond acceptors (Lipinski definition) is 3. The minimum Gasteiger partial charge on any atom is -0.370 e. The molecule has 21 heavy (non-hydrogen) atoms. The fourth-order valence-corrected chi connectivity index (χ4v) is 3.57. The van der Waals surface area contributed by atoms with Gasteiger partial charge in [-0.25, -0.2) is 0 Å². The van der Waals surface area contributed by atoms with Crippen LogP contribution in [0.25, 0.3) is 0 Å². The van der Waals surface area contributed by atoms with Crippen molar-refractivity contribution in [2.75, 3.05) is 19.6 Å². The molecule has 0 aliphatic carbocycles. The lowest BCUT2D eigenvalue weighted by Crippen LogP contribution is -2.56. The second-order valence-electron chi connectivity index (χ2n) is 7.42. The molecular formula is C18H38N2O. The van der Waals surface area contributed by atoms with E-state index in [-0.39, 0.29) is 5.60 Å². The Labute approximate surface area is 132 Å². The molecule has 1 aliphatic rings. The molecule has 3 heteroatoms. The summed E-state index contributed by atoms with van der Waals surface area (Å²) in [6.45, 7) is 11.6. The van der Waals surface area contributed by atoms with Gasteiger partial charge in [0.1, 0.15) is 0 Å². The first-order chi connectivity index (χ1) is 9.98. The zero-order valence-corrected chi connectivity index (χ0v) is 14.9. The molecule has 3 nitrogen and oxygen atoms in total. The number of nitrogens with zero attached hydrogens (tertiary/aromatic N) is 1. The number of nitrogens with two attached hydrogens (primary N) is 1. The molecule has 0 aromatic rings. The van der Waals surface area contributed by atoms with Crippen molar-refractivity contribution in [3.05, 3.63) is 0 Å². The summed E-state index contributed by atoms with van der Waals surface area (Å²) in [6, 6.07) is 0.534. The molecule has 1 fully saturated rings. The van der Waals surface area contributed by atoms with Gasteiger partial charge in [-0.05, 0) is 27.2 Å². The normalized spacial score (nSPS) is 24.1. The van der Waals surface area contributed by atoms with E-state index in [0.29, 0.717) is 12.1 Å². The van der Waals surface area contributed by atoms with Crippen LogP contribution in [0.15, 0.2) is 0 Å². The highest BCUT2D eigenvalue weighted by atomic mass is 16.5. The Balaban J connectivity index is 2.24. The van der Waals surface area contributed by atoms with Gasteiger partial charge in [-0.3, -0.25) is 4.90 Å². The summed E-state index contributed by atoms with van der Waals surface area (Å²) in [7, 11) is 0. The Kier molecular flexibility index (Phi) is 8.84. The summed E-state index contributed by atoms with van der Waals surface area (Å²) in [5, 5.41) is 0. The lowest BCUT2D eigenvalue weighted by molar-refractivity contribution is -0.137. The summed E-state index contributed by atoms with van der Waals surface area (Å²) >= 11 is 0. The van der Waals surface area contributed by atoms with Crippen molar-refractivity contribution >= 4 is 0 Å². The van der Waals surface area contributed by atoms with Crippen LogP contribution in [0.2, 0.25) is 0 Å². The maximum atomic E-state index is 6.04. The van der Waals surface area contributed by atoms with Crippen LogP contribution in [-0.2, 0) is 4.74 Å². The van der Waals surface area contributed by atoms with Gasteiger partial charge < -0.3 is 10.5 Å². The second-order valence-corrected chi connectivity index (χ2v) is 7.42. The molecule has 1 heterocycles. The average molecular weight is 299 g/mol. The summed E-state index contributed by atoms with van der Waals surface area (Å²) in [5.74, 6) is 0. The first-order valence-corrected chi connectivity index (χ1v) is 9.10. The van der Waals surface area contributed by atoms with Gasteiger partial charge in [-0.15, -0.1) is 0 Å². The number of ether oxygens (including phenoxy) is 1. The molecule has 2 unspecified atom stereocenters. The van der Waals surface area contributed by atoms with Crippen molar-refractivity contribution in [1.29, 1.82) is 0 Å². The second kappa shape index (κ2) is 9.81. The molecule has 126 valence electrons. The summed E-state index contributed by atoms with van der Waals surface area (Å²) in [6.07, 6.45) is 11.2. The molecule has 0 radical (unpaired) electrons. The monoisotopic (exact) mass is 298 g/mol. The molecule has 0 spiro atoms. The molecule has 2 atom stereocenters. The summed E-state index contributed by atoms with van der Waals surface area (Å²) in [4.78, 5) is 2.56. The molecule has 1 saturated heterocycles. The van der Waals surface area contributed by atoms with E-state index < -0.39 is 0 Å². The molecular weight excluding hydrogens is 260 g/mol. The molecule has 0 saturated carbocycles. The van der Waals surface area contributed by atoms with Gasteiger partial charge in [-0.1, -0.05) is 51.9 Å². The van der Waals surface area contributed by atoms with Gasteiger partial charge in [0, 0.05) is 25.7 Å². The lowest BCUT2D eigenvalue weighted by atomic mass is 9.99. The Morgan fingerprint density at radius 2 is 1.76 bits per heavy atom. The highest BCUT2D eigenvalue weighted by Gasteiger charge is 2.33. The van der Waals surface area contributed by atoms with Gasteiger partial charge in [0.15, 0.2) is 0 Å². The standard InChI is InChI=1S/C18H38N2O/c1-5-6-7-8-9-10-11-12-17(13-19)20-14-16(2)21-18(3,4)15-20/h16-17H,5-15,19H2,1-4H3.